The van der Waals surface area contributed by atoms with Gasteiger partial charge < -0.3 is 9.30 Å². The molecule has 5 nitrogen and oxygen atoms in total. The summed E-state index contributed by atoms with van der Waals surface area (Å²) in [5.41, 5.74) is 4.07. The van der Waals surface area contributed by atoms with E-state index in [-0.39, 0.29) is 29.6 Å². The lowest BCUT2D eigenvalue weighted by atomic mass is 9.70. The van der Waals surface area contributed by atoms with Crippen molar-refractivity contribution in [3.8, 4) is 0 Å². The molecule has 0 N–H and O–H groups in total. The third-order valence-corrected chi connectivity index (χ3v) is 6.46. The van der Waals surface area contributed by atoms with Gasteiger partial charge in [0.1, 0.15) is 0 Å². The highest BCUT2D eigenvalue weighted by Gasteiger charge is 2.47. The molecule has 0 saturated carbocycles. The van der Waals surface area contributed by atoms with Crippen LogP contribution >= 0.6 is 0 Å². The van der Waals surface area contributed by atoms with E-state index in [1.165, 1.54) is 7.11 Å². The number of allylic oxidation sites excluding steroid dienone is 1. The third kappa shape index (κ3) is 2.64. The zero-order valence-corrected chi connectivity index (χ0v) is 16.4. The quantitative estimate of drug-likeness (QED) is 0.575. The molecule has 1 aromatic carbocycles. The van der Waals surface area contributed by atoms with Crippen molar-refractivity contribution in [1.29, 1.82) is 0 Å². The number of fused-ring (bicyclic) bond motifs is 5. The van der Waals surface area contributed by atoms with E-state index in [0.29, 0.717) is 12.8 Å². The first-order chi connectivity index (χ1) is 13.0. The fourth-order valence-corrected chi connectivity index (χ4v) is 5.14. The van der Waals surface area contributed by atoms with Crippen LogP contribution in [0.4, 0.5) is 0 Å². The first-order valence-corrected chi connectivity index (χ1v) is 9.50. The number of aromatic nitrogens is 1. The number of carbonyl (C=O) groups is 2. The van der Waals surface area contributed by atoms with Crippen LogP contribution in [0.15, 0.2) is 35.9 Å². The SMILES string of the molecule is C/C=C1/CN(C)[C@H]2Cc3c(n(C)c4ccccc34)C(=O)C[C@@H]1C2C(=O)OC. The van der Waals surface area contributed by atoms with Gasteiger partial charge in [-0.1, -0.05) is 29.8 Å². The van der Waals surface area contributed by atoms with Crippen molar-refractivity contribution in [3.05, 3.63) is 47.2 Å². The summed E-state index contributed by atoms with van der Waals surface area (Å²) in [6.45, 7) is 2.77. The van der Waals surface area contributed by atoms with Crippen molar-refractivity contribution in [1.82, 2.24) is 9.47 Å². The van der Waals surface area contributed by atoms with Crippen molar-refractivity contribution in [2.24, 2.45) is 18.9 Å². The molecule has 1 aliphatic heterocycles. The number of likely N-dealkylation sites (N-methyl/N-ethyl adjacent to an activating group) is 1. The van der Waals surface area contributed by atoms with Gasteiger partial charge in [-0.05, 0) is 32.0 Å². The second-order valence-electron chi connectivity index (χ2n) is 7.74. The highest BCUT2D eigenvalue weighted by atomic mass is 16.5. The minimum absolute atomic E-state index is 0.0174. The molecule has 0 spiro atoms. The van der Waals surface area contributed by atoms with E-state index in [9.17, 15) is 9.59 Å². The lowest BCUT2D eigenvalue weighted by Gasteiger charge is -2.45. The highest BCUT2D eigenvalue weighted by Crippen LogP contribution is 2.42. The van der Waals surface area contributed by atoms with Crippen LogP contribution < -0.4 is 0 Å². The number of ketones is 1. The van der Waals surface area contributed by atoms with Gasteiger partial charge in [0.25, 0.3) is 0 Å². The number of Topliss-reactive ketones (excluding diaryl/α,β-unsaturated/α-hetero) is 1. The second kappa shape index (κ2) is 6.64. The number of piperidine rings is 1. The summed E-state index contributed by atoms with van der Waals surface area (Å²) in [6.07, 6.45) is 3.08. The molecule has 1 saturated heterocycles. The van der Waals surface area contributed by atoms with Crippen molar-refractivity contribution in [2.75, 3.05) is 20.7 Å². The van der Waals surface area contributed by atoms with E-state index in [4.69, 9.17) is 4.74 Å². The van der Waals surface area contributed by atoms with Gasteiger partial charge in [-0.25, -0.2) is 0 Å². The fraction of sp³-hybridized carbons (Fsp3) is 0.455. The summed E-state index contributed by atoms with van der Waals surface area (Å²) < 4.78 is 7.19. The minimum atomic E-state index is -0.323. The van der Waals surface area contributed by atoms with E-state index in [2.05, 4.69) is 30.2 Å². The van der Waals surface area contributed by atoms with Crippen LogP contribution in [0.1, 0.15) is 29.4 Å². The predicted octanol–water partition coefficient (Wildman–Crippen LogP) is 2.97. The largest absolute Gasteiger partial charge is 0.469 e. The second-order valence-corrected chi connectivity index (χ2v) is 7.74. The highest BCUT2D eigenvalue weighted by molar-refractivity contribution is 6.03. The Kier molecular flexibility index (Phi) is 4.42. The molecule has 4 rings (SSSR count). The Morgan fingerprint density at radius 1 is 1.22 bits per heavy atom. The number of benzene rings is 1. The number of aryl methyl sites for hydroxylation is 1. The first kappa shape index (κ1) is 18.0. The van der Waals surface area contributed by atoms with Gasteiger partial charge in [0, 0.05) is 42.9 Å². The first-order valence-electron chi connectivity index (χ1n) is 9.50. The zero-order valence-electron chi connectivity index (χ0n) is 16.4. The zero-order chi connectivity index (χ0) is 19.3. The summed E-state index contributed by atoms with van der Waals surface area (Å²) in [5, 5.41) is 1.11. The molecule has 2 heterocycles. The monoisotopic (exact) mass is 366 g/mol. The number of methoxy groups -OCH3 is 1. The molecule has 1 unspecified atom stereocenters. The molecule has 27 heavy (non-hydrogen) atoms. The molecular weight excluding hydrogens is 340 g/mol. The summed E-state index contributed by atoms with van der Waals surface area (Å²) in [4.78, 5) is 28.3. The Hall–Kier alpha value is -2.40. The molecule has 142 valence electrons. The number of nitrogens with zero attached hydrogens (tertiary/aromatic N) is 2. The summed E-state index contributed by atoms with van der Waals surface area (Å²) in [6, 6.07) is 8.16. The van der Waals surface area contributed by atoms with Crippen LogP contribution in [-0.4, -0.2) is 48.0 Å². The Morgan fingerprint density at radius 3 is 2.67 bits per heavy atom. The van der Waals surface area contributed by atoms with Gasteiger partial charge in [0.15, 0.2) is 5.78 Å². The van der Waals surface area contributed by atoms with Crippen LogP contribution in [-0.2, 0) is 23.0 Å². The van der Waals surface area contributed by atoms with Gasteiger partial charge >= 0.3 is 5.97 Å². The van der Waals surface area contributed by atoms with Crippen LogP contribution in [0.25, 0.3) is 10.9 Å². The molecular formula is C22H26N2O3. The van der Waals surface area contributed by atoms with Gasteiger partial charge in [0.05, 0.1) is 18.7 Å². The van der Waals surface area contributed by atoms with E-state index in [1.54, 1.807) is 0 Å². The van der Waals surface area contributed by atoms with Crippen LogP contribution in [0.5, 0.6) is 0 Å². The molecule has 2 bridgehead atoms. The van der Waals surface area contributed by atoms with Gasteiger partial charge in [-0.2, -0.15) is 0 Å². The number of hydrogen-bond acceptors (Lipinski definition) is 4. The van der Waals surface area contributed by atoms with Crippen molar-refractivity contribution in [3.63, 3.8) is 0 Å². The number of carbonyl (C=O) groups excluding carboxylic acids is 2. The maximum Gasteiger partial charge on any atom is 0.310 e. The van der Waals surface area contributed by atoms with Crippen molar-refractivity contribution >= 4 is 22.7 Å². The number of esters is 1. The maximum atomic E-state index is 13.3. The average molecular weight is 366 g/mol. The van der Waals surface area contributed by atoms with Crippen molar-refractivity contribution in [2.45, 2.75) is 25.8 Å². The number of likely N-dealkylation sites (tertiary alicyclic amines) is 1. The maximum absolute atomic E-state index is 13.3. The molecule has 1 aromatic heterocycles. The molecule has 1 fully saturated rings. The standard InChI is InChI=1S/C22H26N2O3/c1-5-13-12-23(2)18-10-16-14-8-6-7-9-17(14)24(3)21(16)19(25)11-15(13)20(18)22(26)27-4/h5-9,15,18,20H,10-12H2,1-4H3/b13-5-/t15-,18-,20?/m0/s1. The molecule has 0 radical (unpaired) electrons. The number of rotatable bonds is 1. The summed E-state index contributed by atoms with van der Waals surface area (Å²) in [7, 11) is 5.47. The van der Waals surface area contributed by atoms with Crippen LogP contribution in [0, 0.1) is 11.8 Å². The third-order valence-electron chi connectivity index (χ3n) is 6.46. The van der Waals surface area contributed by atoms with E-state index >= 15 is 0 Å². The number of ether oxygens (including phenoxy) is 1. The van der Waals surface area contributed by atoms with E-state index in [0.717, 1.165) is 34.3 Å². The Morgan fingerprint density at radius 2 is 1.96 bits per heavy atom. The minimum Gasteiger partial charge on any atom is -0.469 e. The van der Waals surface area contributed by atoms with Gasteiger partial charge in [-0.15, -0.1) is 0 Å². The van der Waals surface area contributed by atoms with Crippen LogP contribution in [0.2, 0.25) is 0 Å². The Bertz CT molecular complexity index is 956. The fourth-order valence-electron chi connectivity index (χ4n) is 5.14. The van der Waals surface area contributed by atoms with Gasteiger partial charge in [-0.3, -0.25) is 14.5 Å². The number of hydrogen-bond donors (Lipinski definition) is 0. The van der Waals surface area contributed by atoms with Gasteiger partial charge in [0.2, 0.25) is 0 Å². The molecule has 2 aliphatic rings. The molecule has 5 heteroatoms. The smallest absolute Gasteiger partial charge is 0.310 e. The lowest BCUT2D eigenvalue weighted by molar-refractivity contribution is -0.150. The van der Waals surface area contributed by atoms with E-state index in [1.807, 2.05) is 30.7 Å². The summed E-state index contributed by atoms with van der Waals surface area (Å²) in [5.74, 6) is -0.518. The van der Waals surface area contributed by atoms with E-state index < -0.39 is 0 Å². The number of para-hydroxylation sites is 1. The van der Waals surface area contributed by atoms with Crippen LogP contribution in [0.3, 0.4) is 0 Å². The predicted molar refractivity (Wildman–Crippen MR) is 105 cm³/mol. The lowest BCUT2D eigenvalue weighted by Crippen LogP contribution is -2.54. The molecule has 2 aromatic rings. The average Bonchev–Trinajstić information content (AvgIpc) is 2.94. The Balaban J connectivity index is 1.95. The molecule has 0 amide bonds. The van der Waals surface area contributed by atoms with Crippen molar-refractivity contribution < 1.29 is 14.3 Å². The Labute approximate surface area is 159 Å². The normalized spacial score (nSPS) is 27.3. The molecule has 1 aliphatic carbocycles. The molecule has 3 atom stereocenters. The topological polar surface area (TPSA) is 51.5 Å². The summed E-state index contributed by atoms with van der Waals surface area (Å²) >= 11 is 0.